The summed E-state index contributed by atoms with van der Waals surface area (Å²) in [6.07, 6.45) is 3.20. The summed E-state index contributed by atoms with van der Waals surface area (Å²) in [5, 5.41) is 5.00. The van der Waals surface area contributed by atoms with Crippen molar-refractivity contribution in [2.75, 3.05) is 20.3 Å². The van der Waals surface area contributed by atoms with Gasteiger partial charge in [-0.15, -0.1) is 0 Å². The van der Waals surface area contributed by atoms with Crippen molar-refractivity contribution in [2.24, 2.45) is 5.10 Å². The average Bonchev–Trinajstić information content (AvgIpc) is 3.15. The first-order valence-electron chi connectivity index (χ1n) is 10.6. The Kier molecular flexibility index (Phi) is 5.54. The van der Waals surface area contributed by atoms with Gasteiger partial charge < -0.3 is 9.47 Å². The summed E-state index contributed by atoms with van der Waals surface area (Å²) in [6.45, 7) is 3.34. The fraction of sp³-hybridized carbons (Fsp3) is 0.208. The van der Waals surface area contributed by atoms with Gasteiger partial charge in [0.15, 0.2) is 11.3 Å². The highest BCUT2D eigenvalue weighted by Gasteiger charge is 2.19. The number of para-hydroxylation sites is 2. The molecular weight excluding hydrogens is 420 g/mol. The summed E-state index contributed by atoms with van der Waals surface area (Å²) in [4.78, 5) is 27.3. The van der Waals surface area contributed by atoms with Crippen LogP contribution in [0, 0.1) is 0 Å². The largest absolute Gasteiger partial charge is 0.494 e. The standard InChI is InChI=1S/C24H22N6O3/c1-3-33-17-10-8-16(9-11-17)14-26-30-22-20(24(31)29(15-25-22)12-13-32-2)21-23(30)28-19-7-5-4-6-18(19)27-21/h4-11,14-15H,3,12-13H2,1-2H3. The molecule has 3 aromatic heterocycles. The van der Waals surface area contributed by atoms with Crippen molar-refractivity contribution in [3.05, 3.63) is 70.8 Å². The fourth-order valence-electron chi connectivity index (χ4n) is 3.65. The number of benzene rings is 2. The van der Waals surface area contributed by atoms with Gasteiger partial charge in [0.1, 0.15) is 23.0 Å². The molecule has 0 saturated heterocycles. The van der Waals surface area contributed by atoms with Crippen molar-refractivity contribution in [1.29, 1.82) is 0 Å². The third-order valence-electron chi connectivity index (χ3n) is 5.26. The van der Waals surface area contributed by atoms with Gasteiger partial charge in [0.05, 0.1) is 37.0 Å². The highest BCUT2D eigenvalue weighted by molar-refractivity contribution is 6.04. The van der Waals surface area contributed by atoms with Gasteiger partial charge in [-0.1, -0.05) is 12.1 Å². The van der Waals surface area contributed by atoms with E-state index in [-0.39, 0.29) is 5.56 Å². The second-order valence-electron chi connectivity index (χ2n) is 7.38. The van der Waals surface area contributed by atoms with Gasteiger partial charge in [-0.05, 0) is 48.9 Å². The van der Waals surface area contributed by atoms with Crippen molar-refractivity contribution in [3.8, 4) is 5.75 Å². The Hall–Kier alpha value is -4.11. The van der Waals surface area contributed by atoms with Crippen LogP contribution in [0.4, 0.5) is 0 Å². The summed E-state index contributed by atoms with van der Waals surface area (Å²) in [5.41, 5.74) is 3.42. The first-order valence-corrected chi connectivity index (χ1v) is 10.6. The van der Waals surface area contributed by atoms with E-state index in [1.807, 2.05) is 55.5 Å². The number of ether oxygens (including phenoxy) is 2. The van der Waals surface area contributed by atoms with Crippen molar-refractivity contribution in [2.45, 2.75) is 13.5 Å². The molecule has 5 aromatic rings. The normalized spacial score (nSPS) is 11.8. The maximum absolute atomic E-state index is 13.3. The van der Waals surface area contributed by atoms with Gasteiger partial charge in [-0.3, -0.25) is 9.36 Å². The average molecular weight is 442 g/mol. The van der Waals surface area contributed by atoms with E-state index in [1.54, 1.807) is 18.0 Å². The van der Waals surface area contributed by atoms with Crippen LogP contribution in [0.1, 0.15) is 12.5 Å². The Bertz CT molecular complexity index is 1540. The van der Waals surface area contributed by atoms with Crippen molar-refractivity contribution in [3.63, 3.8) is 0 Å². The predicted molar refractivity (Wildman–Crippen MR) is 127 cm³/mol. The van der Waals surface area contributed by atoms with E-state index < -0.39 is 0 Å². The van der Waals surface area contributed by atoms with E-state index in [4.69, 9.17) is 19.4 Å². The van der Waals surface area contributed by atoms with Crippen LogP contribution >= 0.6 is 0 Å². The number of rotatable bonds is 7. The predicted octanol–water partition coefficient (Wildman–Crippen LogP) is 3.22. The number of hydrogen-bond acceptors (Lipinski definition) is 7. The molecule has 9 nitrogen and oxygen atoms in total. The maximum Gasteiger partial charge on any atom is 0.265 e. The minimum Gasteiger partial charge on any atom is -0.494 e. The lowest BCUT2D eigenvalue weighted by Gasteiger charge is -2.04. The second-order valence-corrected chi connectivity index (χ2v) is 7.38. The molecule has 0 aliphatic carbocycles. The Morgan fingerprint density at radius 1 is 1.03 bits per heavy atom. The first-order chi connectivity index (χ1) is 16.2. The van der Waals surface area contributed by atoms with Crippen LogP contribution in [0.2, 0.25) is 0 Å². The highest BCUT2D eigenvalue weighted by atomic mass is 16.5. The van der Waals surface area contributed by atoms with E-state index in [0.717, 1.165) is 11.3 Å². The van der Waals surface area contributed by atoms with Crippen LogP contribution in [0.5, 0.6) is 5.75 Å². The maximum atomic E-state index is 13.3. The van der Waals surface area contributed by atoms with Crippen LogP contribution in [0.3, 0.4) is 0 Å². The molecule has 0 fully saturated rings. The Balaban J connectivity index is 1.71. The molecule has 5 rings (SSSR count). The van der Waals surface area contributed by atoms with E-state index in [9.17, 15) is 4.79 Å². The summed E-state index contributed by atoms with van der Waals surface area (Å²) in [5.74, 6) is 0.794. The zero-order valence-corrected chi connectivity index (χ0v) is 18.3. The molecule has 0 atom stereocenters. The molecule has 0 N–H and O–H groups in total. The zero-order chi connectivity index (χ0) is 22.8. The number of methoxy groups -OCH3 is 1. The van der Waals surface area contributed by atoms with Crippen LogP contribution in [-0.2, 0) is 11.3 Å². The van der Waals surface area contributed by atoms with Crippen molar-refractivity contribution >= 4 is 39.4 Å². The molecule has 0 spiro atoms. The van der Waals surface area contributed by atoms with Crippen molar-refractivity contribution in [1.82, 2.24) is 24.2 Å². The van der Waals surface area contributed by atoms with Gasteiger partial charge in [0, 0.05) is 7.11 Å². The molecule has 0 amide bonds. The van der Waals surface area contributed by atoms with E-state index in [1.165, 1.54) is 10.9 Å². The summed E-state index contributed by atoms with van der Waals surface area (Å²) in [6, 6.07) is 15.1. The molecular formula is C24H22N6O3. The molecule has 166 valence electrons. The van der Waals surface area contributed by atoms with Crippen LogP contribution < -0.4 is 10.3 Å². The van der Waals surface area contributed by atoms with E-state index >= 15 is 0 Å². The quantitative estimate of drug-likeness (QED) is 0.359. The molecule has 9 heteroatoms. The Morgan fingerprint density at radius 2 is 1.79 bits per heavy atom. The van der Waals surface area contributed by atoms with Gasteiger partial charge in [0.25, 0.3) is 5.56 Å². The third kappa shape index (κ3) is 3.83. The summed E-state index contributed by atoms with van der Waals surface area (Å²) >= 11 is 0. The SMILES string of the molecule is CCOc1ccc(C=Nn2c3nc4ccccc4nc3c3c(=O)n(CCOC)cnc32)cc1. The Morgan fingerprint density at radius 3 is 2.52 bits per heavy atom. The van der Waals surface area contributed by atoms with Crippen LogP contribution in [0.25, 0.3) is 33.2 Å². The number of hydrogen-bond donors (Lipinski definition) is 0. The summed E-state index contributed by atoms with van der Waals surface area (Å²) in [7, 11) is 1.59. The molecule has 0 bridgehead atoms. The Labute approximate surface area is 188 Å². The third-order valence-corrected chi connectivity index (χ3v) is 5.26. The first kappa shape index (κ1) is 20.8. The molecule has 0 saturated carbocycles. The van der Waals surface area contributed by atoms with Gasteiger partial charge in [-0.2, -0.15) is 9.78 Å². The lowest BCUT2D eigenvalue weighted by atomic mass is 10.2. The highest BCUT2D eigenvalue weighted by Crippen LogP contribution is 2.25. The van der Waals surface area contributed by atoms with Gasteiger partial charge >= 0.3 is 0 Å². The fourth-order valence-corrected chi connectivity index (χ4v) is 3.65. The topological polar surface area (TPSA) is 96.4 Å². The molecule has 0 aliphatic heterocycles. The van der Waals surface area contributed by atoms with Crippen LogP contribution in [0.15, 0.2) is 64.8 Å². The molecule has 0 radical (unpaired) electrons. The molecule has 2 aromatic carbocycles. The second kappa shape index (κ2) is 8.79. The lowest BCUT2D eigenvalue weighted by Crippen LogP contribution is -2.22. The molecule has 0 unspecified atom stereocenters. The van der Waals surface area contributed by atoms with Gasteiger partial charge in [0.2, 0.25) is 0 Å². The van der Waals surface area contributed by atoms with E-state index in [0.29, 0.717) is 53.0 Å². The molecule has 3 heterocycles. The smallest absolute Gasteiger partial charge is 0.265 e. The lowest BCUT2D eigenvalue weighted by molar-refractivity contribution is 0.186. The summed E-state index contributed by atoms with van der Waals surface area (Å²) < 4.78 is 13.7. The monoisotopic (exact) mass is 442 g/mol. The van der Waals surface area contributed by atoms with Crippen LogP contribution in [-0.4, -0.2) is 50.7 Å². The molecule has 0 aliphatic rings. The molecule has 33 heavy (non-hydrogen) atoms. The zero-order valence-electron chi connectivity index (χ0n) is 18.3. The number of fused-ring (bicyclic) bond motifs is 4. The van der Waals surface area contributed by atoms with Gasteiger partial charge in [-0.25, -0.2) is 15.0 Å². The minimum atomic E-state index is -0.207. The number of aromatic nitrogens is 5. The van der Waals surface area contributed by atoms with E-state index in [2.05, 4.69) is 10.1 Å². The minimum absolute atomic E-state index is 0.207. The van der Waals surface area contributed by atoms with Crippen molar-refractivity contribution < 1.29 is 9.47 Å². The number of nitrogens with zero attached hydrogens (tertiary/aromatic N) is 6.